The van der Waals surface area contributed by atoms with Gasteiger partial charge in [0.15, 0.2) is 6.54 Å². The SMILES string of the molecule is Cc1ccc2[nH]c(CCNC(=O)CN3CC[N+]4(CCCC4)CC3=O)cc2c1. The minimum atomic E-state index is -0.0647. The van der Waals surface area contributed by atoms with E-state index >= 15 is 0 Å². The third-order valence-corrected chi connectivity index (χ3v) is 6.07. The van der Waals surface area contributed by atoms with Gasteiger partial charge in [0, 0.05) is 37.0 Å². The van der Waals surface area contributed by atoms with E-state index in [1.54, 1.807) is 4.90 Å². The monoisotopic (exact) mass is 369 g/mol. The number of benzene rings is 1. The molecule has 2 fully saturated rings. The zero-order valence-electron chi connectivity index (χ0n) is 16.1. The summed E-state index contributed by atoms with van der Waals surface area (Å²) < 4.78 is 0.941. The average Bonchev–Trinajstić information content (AvgIpc) is 3.24. The molecule has 2 aliphatic heterocycles. The molecule has 4 rings (SSSR count). The molecule has 1 aromatic carbocycles. The predicted molar refractivity (Wildman–Crippen MR) is 105 cm³/mol. The number of H-pyrrole nitrogens is 1. The lowest BCUT2D eigenvalue weighted by atomic mass is 10.2. The number of nitrogens with zero attached hydrogens (tertiary/aromatic N) is 2. The second-order valence-corrected chi connectivity index (χ2v) is 8.18. The molecule has 2 amide bonds. The number of quaternary nitrogens is 1. The van der Waals surface area contributed by atoms with Crippen LogP contribution in [0.5, 0.6) is 0 Å². The Balaban J connectivity index is 1.24. The van der Waals surface area contributed by atoms with Gasteiger partial charge in [0.05, 0.1) is 32.7 Å². The summed E-state index contributed by atoms with van der Waals surface area (Å²) >= 11 is 0. The van der Waals surface area contributed by atoms with Gasteiger partial charge in [-0.25, -0.2) is 0 Å². The fourth-order valence-electron chi connectivity index (χ4n) is 4.49. The first-order valence-corrected chi connectivity index (χ1v) is 10.0. The topological polar surface area (TPSA) is 65.2 Å². The van der Waals surface area contributed by atoms with E-state index < -0.39 is 0 Å². The molecule has 144 valence electrons. The summed E-state index contributed by atoms with van der Waals surface area (Å²) in [5.41, 5.74) is 3.48. The number of hydrogen-bond acceptors (Lipinski definition) is 2. The summed E-state index contributed by atoms with van der Waals surface area (Å²) in [6, 6.07) is 8.48. The maximum Gasteiger partial charge on any atom is 0.278 e. The Morgan fingerprint density at radius 3 is 2.81 bits per heavy atom. The molecule has 2 aromatic rings. The van der Waals surface area contributed by atoms with Gasteiger partial charge in [-0.15, -0.1) is 0 Å². The van der Waals surface area contributed by atoms with Gasteiger partial charge in [-0.3, -0.25) is 9.59 Å². The lowest BCUT2D eigenvalue weighted by Gasteiger charge is -2.41. The van der Waals surface area contributed by atoms with Crippen molar-refractivity contribution < 1.29 is 14.1 Å². The van der Waals surface area contributed by atoms with E-state index in [-0.39, 0.29) is 18.4 Å². The molecule has 6 nitrogen and oxygen atoms in total. The van der Waals surface area contributed by atoms with Gasteiger partial charge in [-0.1, -0.05) is 11.6 Å². The number of fused-ring (bicyclic) bond motifs is 1. The summed E-state index contributed by atoms with van der Waals surface area (Å²) in [5.74, 6) is 0.0643. The number of aryl methyl sites for hydroxylation is 1. The molecule has 0 bridgehead atoms. The van der Waals surface area contributed by atoms with Crippen molar-refractivity contribution in [1.29, 1.82) is 0 Å². The van der Waals surface area contributed by atoms with Crippen LogP contribution in [0, 0.1) is 6.92 Å². The van der Waals surface area contributed by atoms with Crippen molar-refractivity contribution in [3.8, 4) is 0 Å². The summed E-state index contributed by atoms with van der Waals surface area (Å²) in [4.78, 5) is 29.8. The summed E-state index contributed by atoms with van der Waals surface area (Å²) in [5, 5.41) is 4.16. The van der Waals surface area contributed by atoms with Gasteiger partial charge in [0.1, 0.15) is 0 Å². The first-order chi connectivity index (χ1) is 13.0. The summed E-state index contributed by atoms with van der Waals surface area (Å²) in [6.07, 6.45) is 3.20. The van der Waals surface area contributed by atoms with Crippen LogP contribution in [0.1, 0.15) is 24.1 Å². The number of nitrogens with one attached hydrogen (secondary N) is 2. The van der Waals surface area contributed by atoms with E-state index in [4.69, 9.17) is 0 Å². The Hall–Kier alpha value is -2.34. The van der Waals surface area contributed by atoms with Crippen LogP contribution in [0.15, 0.2) is 24.3 Å². The largest absolute Gasteiger partial charge is 0.358 e. The molecule has 2 aliphatic rings. The number of rotatable bonds is 5. The number of carbonyl (C=O) groups is 2. The van der Waals surface area contributed by atoms with E-state index in [9.17, 15) is 9.59 Å². The smallest absolute Gasteiger partial charge is 0.278 e. The Morgan fingerprint density at radius 1 is 1.22 bits per heavy atom. The number of aromatic nitrogens is 1. The molecular weight excluding hydrogens is 340 g/mol. The fourth-order valence-corrected chi connectivity index (χ4v) is 4.49. The Morgan fingerprint density at radius 2 is 2.04 bits per heavy atom. The van der Waals surface area contributed by atoms with Crippen molar-refractivity contribution in [3.05, 3.63) is 35.5 Å². The molecule has 6 heteroatoms. The quantitative estimate of drug-likeness (QED) is 0.786. The van der Waals surface area contributed by atoms with Crippen LogP contribution >= 0.6 is 0 Å². The van der Waals surface area contributed by atoms with Crippen molar-refractivity contribution in [2.24, 2.45) is 0 Å². The van der Waals surface area contributed by atoms with Crippen molar-refractivity contribution in [1.82, 2.24) is 15.2 Å². The molecule has 0 radical (unpaired) electrons. The molecule has 27 heavy (non-hydrogen) atoms. The highest BCUT2D eigenvalue weighted by Gasteiger charge is 2.40. The fraction of sp³-hybridized carbons (Fsp3) is 0.524. The predicted octanol–water partition coefficient (Wildman–Crippen LogP) is 1.59. The molecule has 0 aliphatic carbocycles. The van der Waals surface area contributed by atoms with Crippen LogP contribution in [0.25, 0.3) is 10.9 Å². The first-order valence-electron chi connectivity index (χ1n) is 10.0. The molecule has 2 saturated heterocycles. The first kappa shape index (κ1) is 18.0. The van der Waals surface area contributed by atoms with Crippen molar-refractivity contribution in [2.45, 2.75) is 26.2 Å². The molecule has 0 atom stereocenters. The number of piperazine rings is 1. The molecule has 1 spiro atoms. The second-order valence-electron chi connectivity index (χ2n) is 8.18. The van der Waals surface area contributed by atoms with Crippen LogP contribution in [0.4, 0.5) is 0 Å². The van der Waals surface area contributed by atoms with Gasteiger partial charge in [-0.2, -0.15) is 0 Å². The minimum absolute atomic E-state index is 0.0647. The zero-order valence-corrected chi connectivity index (χ0v) is 16.1. The second kappa shape index (κ2) is 7.35. The number of hydrogen-bond donors (Lipinski definition) is 2. The Labute approximate surface area is 160 Å². The lowest BCUT2D eigenvalue weighted by molar-refractivity contribution is -0.912. The maximum atomic E-state index is 12.4. The van der Waals surface area contributed by atoms with Crippen molar-refractivity contribution >= 4 is 22.7 Å². The zero-order chi connectivity index (χ0) is 18.9. The number of aromatic amines is 1. The molecular formula is C21H29N4O2+. The van der Waals surface area contributed by atoms with E-state index in [0.717, 1.165) is 41.7 Å². The summed E-state index contributed by atoms with van der Waals surface area (Å²) in [6.45, 7) is 7.35. The standard InChI is InChI=1S/C21H28N4O2/c1-16-4-5-19-17(12-16)13-18(23-19)6-7-22-20(26)14-24-8-11-25(15-21(24)27)9-2-3-10-25/h4-5,12-13,23H,2-3,6-11,14-15H2,1H3/p+1. The van der Waals surface area contributed by atoms with Crippen LogP contribution in [-0.4, -0.2) is 72.0 Å². The highest BCUT2D eigenvalue weighted by atomic mass is 16.2. The third-order valence-electron chi connectivity index (χ3n) is 6.07. The van der Waals surface area contributed by atoms with Gasteiger partial charge in [0.25, 0.3) is 5.91 Å². The molecule has 0 unspecified atom stereocenters. The van der Waals surface area contributed by atoms with Crippen molar-refractivity contribution in [3.63, 3.8) is 0 Å². The summed E-state index contributed by atoms with van der Waals surface area (Å²) in [7, 11) is 0. The van der Waals surface area contributed by atoms with E-state index in [1.165, 1.54) is 23.8 Å². The normalized spacial score (nSPS) is 19.1. The maximum absolute atomic E-state index is 12.4. The minimum Gasteiger partial charge on any atom is -0.358 e. The molecule has 1 aromatic heterocycles. The Kier molecular flexibility index (Phi) is 4.91. The van der Waals surface area contributed by atoms with E-state index in [2.05, 4.69) is 41.5 Å². The van der Waals surface area contributed by atoms with Crippen molar-refractivity contribution in [2.75, 3.05) is 45.8 Å². The van der Waals surface area contributed by atoms with Gasteiger partial charge >= 0.3 is 0 Å². The number of carbonyl (C=O) groups excluding carboxylic acids is 2. The van der Waals surface area contributed by atoms with E-state index in [1.807, 2.05) is 0 Å². The van der Waals surface area contributed by atoms with Gasteiger partial charge in [0.2, 0.25) is 5.91 Å². The van der Waals surface area contributed by atoms with Gasteiger partial charge < -0.3 is 19.7 Å². The highest BCUT2D eigenvalue weighted by Crippen LogP contribution is 2.22. The molecule has 2 N–H and O–H groups in total. The lowest BCUT2D eigenvalue weighted by Crippen LogP contribution is -2.61. The highest BCUT2D eigenvalue weighted by molar-refractivity contribution is 5.85. The third kappa shape index (κ3) is 4.00. The van der Waals surface area contributed by atoms with Crippen LogP contribution in [0.3, 0.4) is 0 Å². The number of amides is 2. The van der Waals surface area contributed by atoms with Gasteiger partial charge in [-0.05, 0) is 30.5 Å². The average molecular weight is 369 g/mol. The Bertz CT molecular complexity index is 851. The van der Waals surface area contributed by atoms with Crippen LogP contribution in [-0.2, 0) is 16.0 Å². The molecule has 3 heterocycles. The van der Waals surface area contributed by atoms with E-state index in [0.29, 0.717) is 19.6 Å². The van der Waals surface area contributed by atoms with Crippen LogP contribution < -0.4 is 5.32 Å². The molecule has 0 saturated carbocycles. The van der Waals surface area contributed by atoms with Crippen LogP contribution in [0.2, 0.25) is 0 Å².